The SMILES string of the molecule is Cc1cnccc1CNC(=O)c1cc(F)c(NN)c(F)c1. The minimum Gasteiger partial charge on any atom is -0.348 e. The van der Waals surface area contributed by atoms with Crippen LogP contribution in [0.1, 0.15) is 21.5 Å². The standard InChI is InChI=1S/C14H14F2N4O/c1-8-6-18-3-2-9(8)7-19-14(21)10-4-11(15)13(20-17)12(16)5-10/h2-6,20H,7,17H2,1H3,(H,19,21). The number of aryl methyl sites for hydroxylation is 1. The number of hydrogen-bond donors (Lipinski definition) is 3. The quantitative estimate of drug-likeness (QED) is 0.594. The van der Waals surface area contributed by atoms with Crippen LogP contribution in [0.3, 0.4) is 0 Å². The van der Waals surface area contributed by atoms with Gasteiger partial charge in [-0.3, -0.25) is 15.6 Å². The molecule has 0 bridgehead atoms. The number of aromatic nitrogens is 1. The van der Waals surface area contributed by atoms with Crippen molar-refractivity contribution in [3.8, 4) is 0 Å². The molecule has 1 aromatic heterocycles. The van der Waals surface area contributed by atoms with Gasteiger partial charge in [-0.25, -0.2) is 8.78 Å². The van der Waals surface area contributed by atoms with Crippen molar-refractivity contribution >= 4 is 11.6 Å². The van der Waals surface area contributed by atoms with Gasteiger partial charge in [-0.05, 0) is 36.2 Å². The fourth-order valence-electron chi connectivity index (χ4n) is 1.82. The summed E-state index contributed by atoms with van der Waals surface area (Å²) in [5, 5.41) is 2.60. The predicted molar refractivity (Wildman–Crippen MR) is 74.3 cm³/mol. The van der Waals surface area contributed by atoms with Crippen molar-refractivity contribution in [2.45, 2.75) is 13.5 Å². The molecular weight excluding hydrogens is 278 g/mol. The summed E-state index contributed by atoms with van der Waals surface area (Å²) in [4.78, 5) is 15.9. The van der Waals surface area contributed by atoms with Crippen LogP contribution >= 0.6 is 0 Å². The second-order valence-corrected chi connectivity index (χ2v) is 4.44. The van der Waals surface area contributed by atoms with Crippen LogP contribution in [0.2, 0.25) is 0 Å². The second kappa shape index (κ2) is 6.27. The van der Waals surface area contributed by atoms with E-state index >= 15 is 0 Å². The molecule has 2 rings (SSSR count). The monoisotopic (exact) mass is 292 g/mol. The van der Waals surface area contributed by atoms with Crippen molar-refractivity contribution in [3.63, 3.8) is 0 Å². The lowest BCUT2D eigenvalue weighted by Crippen LogP contribution is -2.24. The third-order valence-corrected chi connectivity index (χ3v) is 3.02. The number of hydrazine groups is 1. The van der Waals surface area contributed by atoms with E-state index in [0.29, 0.717) is 0 Å². The molecular formula is C14H14F2N4O. The molecule has 1 amide bonds. The smallest absolute Gasteiger partial charge is 0.251 e. The van der Waals surface area contributed by atoms with Gasteiger partial charge in [-0.15, -0.1) is 0 Å². The number of carbonyl (C=O) groups is 1. The number of nitrogens with two attached hydrogens (primary N) is 1. The van der Waals surface area contributed by atoms with E-state index in [0.717, 1.165) is 23.3 Å². The van der Waals surface area contributed by atoms with Gasteiger partial charge in [0.2, 0.25) is 0 Å². The number of hydrogen-bond acceptors (Lipinski definition) is 4. The van der Waals surface area contributed by atoms with Gasteiger partial charge in [0.25, 0.3) is 5.91 Å². The highest BCUT2D eigenvalue weighted by Crippen LogP contribution is 2.19. The molecule has 0 aliphatic heterocycles. The summed E-state index contributed by atoms with van der Waals surface area (Å²) in [5.41, 5.74) is 3.11. The van der Waals surface area contributed by atoms with E-state index < -0.39 is 23.2 Å². The molecule has 0 radical (unpaired) electrons. The van der Waals surface area contributed by atoms with Gasteiger partial charge in [0.1, 0.15) is 5.69 Å². The van der Waals surface area contributed by atoms with Gasteiger partial charge in [0.05, 0.1) is 0 Å². The van der Waals surface area contributed by atoms with E-state index in [-0.39, 0.29) is 12.1 Å². The van der Waals surface area contributed by atoms with Crippen LogP contribution in [0.4, 0.5) is 14.5 Å². The Hall–Kier alpha value is -2.54. The van der Waals surface area contributed by atoms with Crippen molar-refractivity contribution in [3.05, 3.63) is 58.9 Å². The maximum Gasteiger partial charge on any atom is 0.251 e. The fourth-order valence-corrected chi connectivity index (χ4v) is 1.82. The van der Waals surface area contributed by atoms with E-state index in [1.54, 1.807) is 18.5 Å². The van der Waals surface area contributed by atoms with Crippen LogP contribution in [-0.2, 0) is 6.54 Å². The van der Waals surface area contributed by atoms with Crippen LogP contribution in [-0.4, -0.2) is 10.9 Å². The largest absolute Gasteiger partial charge is 0.348 e. The molecule has 0 unspecified atom stereocenters. The molecule has 4 N–H and O–H groups in total. The van der Waals surface area contributed by atoms with Crippen molar-refractivity contribution in [2.24, 2.45) is 5.84 Å². The molecule has 0 saturated carbocycles. The zero-order valence-corrected chi connectivity index (χ0v) is 11.3. The summed E-state index contributed by atoms with van der Waals surface area (Å²) >= 11 is 0. The van der Waals surface area contributed by atoms with Gasteiger partial charge in [0, 0.05) is 24.5 Å². The molecule has 0 fully saturated rings. The summed E-state index contributed by atoms with van der Waals surface area (Å²) in [5.74, 6) is 2.56. The Kier molecular flexibility index (Phi) is 4.44. The summed E-state index contributed by atoms with van der Waals surface area (Å²) in [6.07, 6.45) is 3.28. The van der Waals surface area contributed by atoms with Crippen molar-refractivity contribution in [1.82, 2.24) is 10.3 Å². The number of rotatable bonds is 4. The lowest BCUT2D eigenvalue weighted by atomic mass is 10.1. The van der Waals surface area contributed by atoms with Gasteiger partial charge < -0.3 is 10.7 Å². The number of amides is 1. The van der Waals surface area contributed by atoms with Crippen LogP contribution in [0, 0.1) is 18.6 Å². The number of anilines is 1. The fraction of sp³-hybridized carbons (Fsp3) is 0.143. The highest BCUT2D eigenvalue weighted by atomic mass is 19.1. The number of nitrogens with one attached hydrogen (secondary N) is 2. The van der Waals surface area contributed by atoms with Gasteiger partial charge >= 0.3 is 0 Å². The lowest BCUT2D eigenvalue weighted by Gasteiger charge is -2.09. The second-order valence-electron chi connectivity index (χ2n) is 4.44. The number of nitrogens with zero attached hydrogens (tertiary/aromatic N) is 1. The zero-order chi connectivity index (χ0) is 15.4. The maximum atomic E-state index is 13.5. The lowest BCUT2D eigenvalue weighted by molar-refractivity contribution is 0.0950. The third kappa shape index (κ3) is 3.32. The van der Waals surface area contributed by atoms with Crippen LogP contribution in [0.25, 0.3) is 0 Å². The highest BCUT2D eigenvalue weighted by Gasteiger charge is 2.14. The average molecular weight is 292 g/mol. The summed E-state index contributed by atoms with van der Waals surface area (Å²) in [7, 11) is 0. The predicted octanol–water partition coefficient (Wildman–Crippen LogP) is 1.88. The van der Waals surface area contributed by atoms with Crippen molar-refractivity contribution in [1.29, 1.82) is 0 Å². The van der Waals surface area contributed by atoms with Crippen molar-refractivity contribution in [2.75, 3.05) is 5.43 Å². The molecule has 0 atom stereocenters. The molecule has 0 spiro atoms. The van der Waals surface area contributed by atoms with Gasteiger partial charge in [0.15, 0.2) is 11.6 Å². The summed E-state index contributed by atoms with van der Waals surface area (Å²) in [6.45, 7) is 2.10. The van der Waals surface area contributed by atoms with Crippen LogP contribution in [0.5, 0.6) is 0 Å². The molecule has 21 heavy (non-hydrogen) atoms. The number of pyridine rings is 1. The molecule has 1 heterocycles. The van der Waals surface area contributed by atoms with Gasteiger partial charge in [-0.1, -0.05) is 0 Å². The Morgan fingerprint density at radius 3 is 2.57 bits per heavy atom. The number of benzene rings is 1. The Balaban J connectivity index is 2.13. The van der Waals surface area contributed by atoms with Crippen LogP contribution in [0.15, 0.2) is 30.6 Å². The van der Waals surface area contributed by atoms with E-state index in [1.807, 2.05) is 12.3 Å². The first-order valence-electron chi connectivity index (χ1n) is 6.16. The normalized spacial score (nSPS) is 10.3. The average Bonchev–Trinajstić information content (AvgIpc) is 2.45. The molecule has 110 valence electrons. The van der Waals surface area contributed by atoms with Gasteiger partial charge in [-0.2, -0.15) is 0 Å². The van der Waals surface area contributed by atoms with E-state index in [1.165, 1.54) is 0 Å². The molecule has 0 aliphatic rings. The Morgan fingerprint density at radius 2 is 2.00 bits per heavy atom. The Labute approximate surface area is 120 Å². The number of carbonyl (C=O) groups excluding carboxylic acids is 1. The molecule has 2 aromatic rings. The molecule has 5 nitrogen and oxygen atoms in total. The number of nitrogen functional groups attached to an aromatic ring is 1. The Morgan fingerprint density at radius 1 is 1.33 bits per heavy atom. The first-order chi connectivity index (χ1) is 10.0. The first kappa shape index (κ1) is 14.9. The van der Waals surface area contributed by atoms with Crippen molar-refractivity contribution < 1.29 is 13.6 Å². The molecule has 0 aliphatic carbocycles. The minimum absolute atomic E-state index is 0.115. The summed E-state index contributed by atoms with van der Waals surface area (Å²) < 4.78 is 27.1. The first-order valence-corrected chi connectivity index (χ1v) is 6.16. The van der Waals surface area contributed by atoms with E-state index in [4.69, 9.17) is 5.84 Å². The van der Waals surface area contributed by atoms with E-state index in [2.05, 4.69) is 10.3 Å². The molecule has 0 saturated heterocycles. The number of halogens is 2. The Bertz CT molecular complexity index is 653. The maximum absolute atomic E-state index is 13.5. The summed E-state index contributed by atoms with van der Waals surface area (Å²) in [6, 6.07) is 3.61. The zero-order valence-electron chi connectivity index (χ0n) is 11.3. The highest BCUT2D eigenvalue weighted by molar-refractivity contribution is 5.94. The third-order valence-electron chi connectivity index (χ3n) is 3.02. The van der Waals surface area contributed by atoms with E-state index in [9.17, 15) is 13.6 Å². The topological polar surface area (TPSA) is 80.0 Å². The van der Waals surface area contributed by atoms with Crippen LogP contribution < -0.4 is 16.6 Å². The molecule has 7 heteroatoms. The molecule has 1 aromatic carbocycles. The minimum atomic E-state index is -0.928.